The molecule has 0 radical (unpaired) electrons. The molecule has 0 aliphatic heterocycles. The Kier molecular flexibility index (Phi) is 3.96. The van der Waals surface area contributed by atoms with E-state index in [1.165, 1.54) is 24.5 Å². The second-order valence-electron chi connectivity index (χ2n) is 4.04. The SMILES string of the molecule is Cc1ccnc(NS(=O)(=O)c2cccnc2C(N)=S)c1. The maximum absolute atomic E-state index is 12.3. The Morgan fingerprint density at radius 1 is 1.30 bits per heavy atom. The molecule has 8 heteroatoms. The maximum Gasteiger partial charge on any atom is 0.265 e. The molecule has 2 aromatic heterocycles. The lowest BCUT2D eigenvalue weighted by Crippen LogP contribution is -2.21. The van der Waals surface area contributed by atoms with E-state index in [-0.39, 0.29) is 21.4 Å². The van der Waals surface area contributed by atoms with Crippen molar-refractivity contribution in [2.75, 3.05) is 4.72 Å². The van der Waals surface area contributed by atoms with Gasteiger partial charge in [-0.3, -0.25) is 9.71 Å². The molecule has 0 saturated heterocycles. The van der Waals surface area contributed by atoms with Crippen LogP contribution in [-0.2, 0) is 10.0 Å². The van der Waals surface area contributed by atoms with Crippen LogP contribution in [0.15, 0.2) is 41.6 Å². The lowest BCUT2D eigenvalue weighted by atomic mass is 10.3. The average Bonchev–Trinajstić information content (AvgIpc) is 2.38. The number of thiocarbonyl (C=S) groups is 1. The number of nitrogens with zero attached hydrogens (tertiary/aromatic N) is 2. The van der Waals surface area contributed by atoms with E-state index in [0.717, 1.165) is 5.56 Å². The zero-order valence-corrected chi connectivity index (χ0v) is 12.2. The molecular weight excluding hydrogens is 296 g/mol. The van der Waals surface area contributed by atoms with E-state index in [4.69, 9.17) is 18.0 Å². The van der Waals surface area contributed by atoms with Crippen molar-refractivity contribution in [3.63, 3.8) is 0 Å². The first kappa shape index (κ1) is 14.4. The van der Waals surface area contributed by atoms with Gasteiger partial charge in [0.05, 0.1) is 0 Å². The van der Waals surface area contributed by atoms with Crippen molar-refractivity contribution >= 4 is 33.0 Å². The number of sulfonamides is 1. The van der Waals surface area contributed by atoms with Gasteiger partial charge in [-0.25, -0.2) is 13.4 Å². The van der Waals surface area contributed by atoms with Gasteiger partial charge in [0.15, 0.2) is 0 Å². The summed E-state index contributed by atoms with van der Waals surface area (Å²) >= 11 is 4.81. The van der Waals surface area contributed by atoms with E-state index in [0.29, 0.717) is 0 Å². The van der Waals surface area contributed by atoms with Crippen molar-refractivity contribution in [1.82, 2.24) is 9.97 Å². The number of nitrogens with one attached hydrogen (secondary N) is 1. The first-order valence-electron chi connectivity index (χ1n) is 5.60. The molecule has 2 rings (SSSR count). The lowest BCUT2D eigenvalue weighted by molar-refractivity contribution is 0.600. The van der Waals surface area contributed by atoms with Crippen molar-refractivity contribution < 1.29 is 8.42 Å². The number of anilines is 1. The Hall–Kier alpha value is -2.06. The summed E-state index contributed by atoms with van der Waals surface area (Å²) in [6, 6.07) is 6.27. The van der Waals surface area contributed by atoms with Gasteiger partial charge in [0.25, 0.3) is 10.0 Å². The van der Waals surface area contributed by atoms with E-state index in [9.17, 15) is 8.42 Å². The highest BCUT2D eigenvalue weighted by molar-refractivity contribution is 7.93. The smallest absolute Gasteiger partial charge is 0.265 e. The predicted molar refractivity (Wildman–Crippen MR) is 79.9 cm³/mol. The first-order chi connectivity index (χ1) is 9.40. The van der Waals surface area contributed by atoms with Gasteiger partial charge in [-0.05, 0) is 36.8 Å². The van der Waals surface area contributed by atoms with Gasteiger partial charge in [0.2, 0.25) is 0 Å². The third-order valence-corrected chi connectivity index (χ3v) is 4.03. The third-order valence-electron chi connectivity index (χ3n) is 2.45. The minimum Gasteiger partial charge on any atom is -0.388 e. The van der Waals surface area contributed by atoms with E-state index in [2.05, 4.69) is 14.7 Å². The summed E-state index contributed by atoms with van der Waals surface area (Å²) in [5, 5.41) is 0. The predicted octanol–water partition coefficient (Wildman–Crippen LogP) is 1.22. The molecule has 20 heavy (non-hydrogen) atoms. The molecule has 0 aliphatic carbocycles. The molecule has 104 valence electrons. The van der Waals surface area contributed by atoms with Gasteiger partial charge < -0.3 is 5.73 Å². The summed E-state index contributed by atoms with van der Waals surface area (Å²) in [6.45, 7) is 1.84. The number of nitrogens with two attached hydrogens (primary N) is 1. The molecule has 3 N–H and O–H groups in total. The Morgan fingerprint density at radius 2 is 2.05 bits per heavy atom. The summed E-state index contributed by atoms with van der Waals surface area (Å²) < 4.78 is 27.0. The number of pyridine rings is 2. The van der Waals surface area contributed by atoms with Crippen LogP contribution in [0.4, 0.5) is 5.82 Å². The summed E-state index contributed by atoms with van der Waals surface area (Å²) in [7, 11) is -3.85. The molecule has 0 bridgehead atoms. The third kappa shape index (κ3) is 3.09. The molecular formula is C12H12N4O2S2. The second kappa shape index (κ2) is 5.51. The van der Waals surface area contributed by atoms with E-state index < -0.39 is 10.0 Å². The van der Waals surface area contributed by atoms with E-state index in [1.807, 2.05) is 6.92 Å². The molecule has 0 spiro atoms. The molecule has 0 atom stereocenters. The normalized spacial score (nSPS) is 11.1. The van der Waals surface area contributed by atoms with Crippen LogP contribution >= 0.6 is 12.2 Å². The average molecular weight is 308 g/mol. The van der Waals surface area contributed by atoms with Gasteiger partial charge >= 0.3 is 0 Å². The van der Waals surface area contributed by atoms with Crippen molar-refractivity contribution in [2.45, 2.75) is 11.8 Å². The summed E-state index contributed by atoms with van der Waals surface area (Å²) in [4.78, 5) is 7.69. The lowest BCUT2D eigenvalue weighted by Gasteiger charge is -2.10. The summed E-state index contributed by atoms with van der Waals surface area (Å²) in [6.07, 6.45) is 2.95. The number of hydrogen-bond donors (Lipinski definition) is 2. The standard InChI is InChI=1S/C12H12N4O2S2/c1-8-4-6-14-10(7-8)16-20(17,18)9-3-2-5-15-11(9)12(13)19/h2-7H,1H3,(H2,13,19)(H,14,16). The topological polar surface area (TPSA) is 98.0 Å². The number of rotatable bonds is 4. The van der Waals surface area contributed by atoms with E-state index >= 15 is 0 Å². The van der Waals surface area contributed by atoms with Gasteiger partial charge in [-0.2, -0.15) is 0 Å². The van der Waals surface area contributed by atoms with Crippen LogP contribution in [0.3, 0.4) is 0 Å². The van der Waals surface area contributed by atoms with Gasteiger partial charge in [-0.1, -0.05) is 12.2 Å². The van der Waals surface area contributed by atoms with Crippen LogP contribution in [-0.4, -0.2) is 23.4 Å². The first-order valence-corrected chi connectivity index (χ1v) is 7.49. The highest BCUT2D eigenvalue weighted by Gasteiger charge is 2.21. The van der Waals surface area contributed by atoms with E-state index in [1.54, 1.807) is 12.1 Å². The van der Waals surface area contributed by atoms with Crippen LogP contribution in [0.1, 0.15) is 11.3 Å². The zero-order chi connectivity index (χ0) is 14.8. The zero-order valence-electron chi connectivity index (χ0n) is 10.6. The molecule has 0 fully saturated rings. The molecule has 6 nitrogen and oxygen atoms in total. The Bertz CT molecular complexity index is 760. The molecule has 0 unspecified atom stereocenters. The van der Waals surface area contributed by atoms with Gasteiger partial charge in [-0.15, -0.1) is 0 Å². The van der Waals surface area contributed by atoms with Crippen molar-refractivity contribution in [3.8, 4) is 0 Å². The Labute approximate surface area is 122 Å². The molecule has 0 aliphatic rings. The minimum absolute atomic E-state index is 0.0580. The summed E-state index contributed by atoms with van der Waals surface area (Å²) in [5.74, 6) is 0.225. The highest BCUT2D eigenvalue weighted by atomic mass is 32.2. The van der Waals surface area contributed by atoms with Crippen molar-refractivity contribution in [3.05, 3.63) is 47.9 Å². The van der Waals surface area contributed by atoms with Gasteiger partial charge in [0, 0.05) is 12.4 Å². The fourth-order valence-electron chi connectivity index (χ4n) is 1.58. The van der Waals surface area contributed by atoms with Crippen molar-refractivity contribution in [1.29, 1.82) is 0 Å². The van der Waals surface area contributed by atoms with Crippen LogP contribution in [0, 0.1) is 6.92 Å². The molecule has 0 aromatic carbocycles. The highest BCUT2D eigenvalue weighted by Crippen LogP contribution is 2.17. The number of aryl methyl sites for hydroxylation is 1. The van der Waals surface area contributed by atoms with Gasteiger partial charge in [0.1, 0.15) is 21.4 Å². The van der Waals surface area contributed by atoms with Crippen LogP contribution in [0.25, 0.3) is 0 Å². The molecule has 0 saturated carbocycles. The fraction of sp³-hybridized carbons (Fsp3) is 0.0833. The minimum atomic E-state index is -3.85. The summed E-state index contributed by atoms with van der Waals surface area (Å²) in [5.41, 5.74) is 6.44. The molecule has 2 aromatic rings. The number of hydrogen-bond acceptors (Lipinski definition) is 5. The maximum atomic E-state index is 12.3. The van der Waals surface area contributed by atoms with Crippen LogP contribution in [0.2, 0.25) is 0 Å². The molecule has 2 heterocycles. The monoisotopic (exact) mass is 308 g/mol. The quantitative estimate of drug-likeness (QED) is 0.824. The van der Waals surface area contributed by atoms with Crippen LogP contribution < -0.4 is 10.5 Å². The van der Waals surface area contributed by atoms with Crippen LogP contribution in [0.5, 0.6) is 0 Å². The Morgan fingerprint density at radius 3 is 2.70 bits per heavy atom. The van der Waals surface area contributed by atoms with Crippen molar-refractivity contribution in [2.24, 2.45) is 5.73 Å². The largest absolute Gasteiger partial charge is 0.388 e. The fourth-order valence-corrected chi connectivity index (χ4v) is 2.98. The Balaban J connectivity index is 2.44. The number of aromatic nitrogens is 2. The second-order valence-corrected chi connectivity index (χ2v) is 6.13. The molecule has 0 amide bonds.